The first-order valence-electron chi connectivity index (χ1n) is 20.3. The summed E-state index contributed by atoms with van der Waals surface area (Å²) in [6, 6.07) is 11.0. The van der Waals surface area contributed by atoms with Gasteiger partial charge in [-0.3, -0.25) is 10.1 Å². The highest BCUT2D eigenvalue weighted by Crippen LogP contribution is 2.63. The highest BCUT2D eigenvalue weighted by Gasteiger charge is 2.65. The van der Waals surface area contributed by atoms with Crippen LogP contribution in [0, 0.1) is 27.9 Å². The van der Waals surface area contributed by atoms with Gasteiger partial charge in [-0.1, -0.05) is 48.0 Å². The number of benzene rings is 2. The minimum absolute atomic E-state index is 0.0140. The smallest absolute Gasteiger partial charge is 0.358 e. The molecular formula is C44H55N5O10. The van der Waals surface area contributed by atoms with E-state index in [1.165, 1.54) is 23.0 Å². The molecule has 2 heterocycles. The largest absolute Gasteiger partial charge is 0.490 e. The van der Waals surface area contributed by atoms with E-state index < -0.39 is 34.2 Å². The monoisotopic (exact) mass is 813 g/mol. The van der Waals surface area contributed by atoms with Crippen molar-refractivity contribution in [3.63, 3.8) is 0 Å². The maximum absolute atomic E-state index is 13.8. The fraction of sp³-hybridized carbons (Fsp3) is 0.500. The van der Waals surface area contributed by atoms with Crippen LogP contribution in [-0.4, -0.2) is 79.6 Å². The van der Waals surface area contributed by atoms with Crippen molar-refractivity contribution in [3.8, 4) is 11.5 Å². The van der Waals surface area contributed by atoms with Gasteiger partial charge < -0.3 is 34.0 Å². The lowest BCUT2D eigenvalue weighted by molar-refractivity contribution is -0.384. The van der Waals surface area contributed by atoms with Crippen molar-refractivity contribution in [1.29, 1.82) is 0 Å². The van der Waals surface area contributed by atoms with Gasteiger partial charge in [0.05, 0.1) is 29.4 Å². The third kappa shape index (κ3) is 9.58. The Morgan fingerprint density at radius 1 is 1.07 bits per heavy atom. The lowest BCUT2D eigenvalue weighted by atomic mass is 9.55. The third-order valence-corrected chi connectivity index (χ3v) is 11.0. The van der Waals surface area contributed by atoms with Gasteiger partial charge in [-0.05, 0) is 99.8 Å². The van der Waals surface area contributed by atoms with Crippen LogP contribution in [0.4, 0.5) is 5.69 Å². The number of ether oxygens (including phenoxy) is 4. The number of nitro benzene ring substituents is 1. The highest BCUT2D eigenvalue weighted by molar-refractivity contribution is 6.02. The summed E-state index contributed by atoms with van der Waals surface area (Å²) >= 11 is 0. The van der Waals surface area contributed by atoms with Crippen LogP contribution in [0.25, 0.3) is 0 Å². The lowest BCUT2D eigenvalue weighted by Gasteiger charge is -2.58. The number of fused-ring (bicyclic) bond motifs is 2. The van der Waals surface area contributed by atoms with Gasteiger partial charge >= 0.3 is 5.97 Å². The number of nitrogens with zero attached hydrogens (tertiary/aromatic N) is 5. The minimum Gasteiger partial charge on any atom is -0.490 e. The first kappa shape index (κ1) is 43.2. The molecule has 6 atom stereocenters. The molecule has 1 fully saturated rings. The number of aliphatic hydroxyl groups is 2. The molecule has 2 aliphatic carbocycles. The number of rotatable bonds is 20. The molecule has 0 bridgehead atoms. The van der Waals surface area contributed by atoms with Gasteiger partial charge in [0.1, 0.15) is 36.4 Å². The summed E-state index contributed by atoms with van der Waals surface area (Å²) in [6.07, 6.45) is 11.5. The van der Waals surface area contributed by atoms with Crippen LogP contribution in [0.5, 0.6) is 11.5 Å². The van der Waals surface area contributed by atoms with Gasteiger partial charge in [-0.15, -0.1) is 11.7 Å². The van der Waals surface area contributed by atoms with Gasteiger partial charge in [0.25, 0.3) is 5.69 Å². The normalized spacial score (nSPS) is 23.9. The summed E-state index contributed by atoms with van der Waals surface area (Å²) in [5.74, 6) is -1.65. The van der Waals surface area contributed by atoms with Crippen LogP contribution < -0.4 is 9.47 Å². The number of carbonyl (C=O) groups is 1. The Labute approximate surface area is 344 Å². The molecule has 0 unspecified atom stereocenters. The highest BCUT2D eigenvalue weighted by atomic mass is 16.7. The molecule has 0 saturated heterocycles. The second kappa shape index (κ2) is 19.1. The number of hydrogen-bond acceptors (Lipinski definition) is 13. The molecule has 2 aromatic carbocycles. The number of unbranched alkanes of at least 4 members (excludes halogenated alkanes) is 2. The SMILES string of the molecule is C=CCOc1ccc2c(c1)[C@H]1[C@H](CCCCO)[C@@H](CCCCO)C=C3C(=NOCc4ccc([N+](=O)[O-])cc4)C[C@H](n4nncc4C(=O)OC(C)(C)C)[C@@](OCC=C)(O2)[C@H]31. The summed E-state index contributed by atoms with van der Waals surface area (Å²) in [5, 5.41) is 44.5. The van der Waals surface area contributed by atoms with E-state index in [1.54, 1.807) is 45.1 Å². The minimum atomic E-state index is -1.49. The second-order valence-corrected chi connectivity index (χ2v) is 16.1. The zero-order valence-electron chi connectivity index (χ0n) is 34.0. The topological polar surface area (TPSA) is 190 Å². The Morgan fingerprint density at radius 2 is 1.80 bits per heavy atom. The molecule has 15 nitrogen and oxygen atoms in total. The van der Waals surface area contributed by atoms with Gasteiger partial charge in [0.2, 0.25) is 5.79 Å². The Balaban J connectivity index is 1.57. The Bertz CT molecular complexity index is 2020. The van der Waals surface area contributed by atoms with Crippen LogP contribution >= 0.6 is 0 Å². The predicted molar refractivity (Wildman–Crippen MR) is 219 cm³/mol. The third-order valence-electron chi connectivity index (χ3n) is 11.0. The number of non-ortho nitro benzene ring substituents is 1. The summed E-state index contributed by atoms with van der Waals surface area (Å²) in [6.45, 7) is 13.7. The van der Waals surface area contributed by atoms with Gasteiger partial charge in [-0.25, -0.2) is 9.48 Å². The number of aromatic nitrogens is 3. The standard InChI is InChI=1S/C44H55N5O10/c1-6-22-55-32-18-19-38-35(25-32)40-33(13-9-11-21-51)30(12-8-10-20-50)24-34-36(46-57-28-29-14-16-31(17-15-29)49(53)54)26-39(44(58-38,41(34)40)56-23-7-2)48-37(27-45-47-48)42(52)59-43(3,4)5/h6-7,14-19,24-25,27,30,33,39-41,50-51H,1-2,8-13,20-23,26,28H2,3-5H3/t30-,33+,39-,40+,41+,44+/m0/s1. The molecule has 1 aromatic heterocycles. The maximum atomic E-state index is 13.8. The van der Waals surface area contributed by atoms with Crippen molar-refractivity contribution in [2.24, 2.45) is 22.9 Å². The molecule has 316 valence electrons. The van der Waals surface area contributed by atoms with Crippen LogP contribution in [0.3, 0.4) is 0 Å². The Kier molecular flexibility index (Phi) is 14.0. The summed E-state index contributed by atoms with van der Waals surface area (Å²) in [5.41, 5.74) is 2.30. The molecule has 3 aromatic rings. The average Bonchev–Trinajstić information content (AvgIpc) is 3.70. The quantitative estimate of drug-likeness (QED) is 0.0378. The van der Waals surface area contributed by atoms with Crippen LogP contribution in [-0.2, 0) is 20.9 Å². The molecule has 1 aliphatic heterocycles. The zero-order valence-corrected chi connectivity index (χ0v) is 34.0. The van der Waals surface area contributed by atoms with Gasteiger partial charge in [0, 0.05) is 43.2 Å². The number of hydrogen-bond donors (Lipinski definition) is 2. The second-order valence-electron chi connectivity index (χ2n) is 16.1. The van der Waals surface area contributed by atoms with E-state index in [1.807, 2.05) is 18.2 Å². The molecular weight excluding hydrogens is 759 g/mol. The maximum Gasteiger partial charge on any atom is 0.358 e. The molecule has 6 rings (SSSR count). The molecule has 2 N–H and O–H groups in total. The fourth-order valence-electron chi connectivity index (χ4n) is 8.67. The number of oxime groups is 1. The summed E-state index contributed by atoms with van der Waals surface area (Å²) < 4.78 is 27.6. The van der Waals surface area contributed by atoms with E-state index in [2.05, 4.69) is 29.5 Å². The number of nitro groups is 1. The van der Waals surface area contributed by atoms with Crippen molar-refractivity contribution in [3.05, 3.63) is 113 Å². The van der Waals surface area contributed by atoms with Crippen molar-refractivity contribution >= 4 is 17.4 Å². The molecule has 0 amide bonds. The van der Waals surface area contributed by atoms with Crippen LogP contribution in [0.15, 0.2) is 90.8 Å². The van der Waals surface area contributed by atoms with E-state index in [-0.39, 0.29) is 62.0 Å². The van der Waals surface area contributed by atoms with Crippen molar-refractivity contribution in [2.75, 3.05) is 26.4 Å². The van der Waals surface area contributed by atoms with Crippen molar-refractivity contribution in [2.45, 2.75) is 95.7 Å². The molecule has 15 heteroatoms. The number of carbonyl (C=O) groups excluding carboxylic acids is 1. The van der Waals surface area contributed by atoms with Gasteiger partial charge in [0.15, 0.2) is 5.69 Å². The van der Waals surface area contributed by atoms with E-state index in [9.17, 15) is 25.1 Å². The van der Waals surface area contributed by atoms with Gasteiger partial charge in [-0.2, -0.15) is 0 Å². The molecule has 0 radical (unpaired) electrons. The first-order valence-corrected chi connectivity index (χ1v) is 20.3. The Morgan fingerprint density at radius 3 is 2.47 bits per heavy atom. The van der Waals surface area contributed by atoms with E-state index in [4.69, 9.17) is 28.9 Å². The predicted octanol–water partition coefficient (Wildman–Crippen LogP) is 7.41. The number of allylic oxidation sites excluding steroid dienone is 1. The van der Waals surface area contributed by atoms with E-state index in [0.717, 1.165) is 36.8 Å². The average molecular weight is 814 g/mol. The Hall–Kier alpha value is -5.38. The van der Waals surface area contributed by atoms with E-state index >= 15 is 0 Å². The van der Waals surface area contributed by atoms with Crippen molar-refractivity contribution in [1.82, 2.24) is 15.0 Å². The molecule has 0 spiro atoms. The first-order chi connectivity index (χ1) is 28.4. The molecule has 59 heavy (non-hydrogen) atoms. The van der Waals surface area contributed by atoms with Crippen molar-refractivity contribution < 1.29 is 43.7 Å². The lowest BCUT2D eigenvalue weighted by Crippen LogP contribution is -2.63. The van der Waals surface area contributed by atoms with E-state index in [0.29, 0.717) is 42.2 Å². The number of aliphatic hydroxyl groups excluding tert-OH is 2. The fourth-order valence-corrected chi connectivity index (χ4v) is 8.67. The molecule has 1 saturated carbocycles. The van der Waals surface area contributed by atoms with Crippen LogP contribution in [0.1, 0.15) is 99.3 Å². The summed E-state index contributed by atoms with van der Waals surface area (Å²) in [7, 11) is 0. The van der Waals surface area contributed by atoms with Crippen LogP contribution in [0.2, 0.25) is 0 Å². The molecule has 3 aliphatic rings. The summed E-state index contributed by atoms with van der Waals surface area (Å²) in [4.78, 5) is 30.8. The number of esters is 1. The zero-order chi connectivity index (χ0) is 42.2.